The van der Waals surface area contributed by atoms with E-state index in [-0.39, 0.29) is 18.2 Å². The number of fused-ring (bicyclic) bond motifs is 2. The molecular formula is C29H28NO6-. The Morgan fingerprint density at radius 1 is 0.972 bits per heavy atom. The third kappa shape index (κ3) is 4.53. The minimum atomic E-state index is -0.991. The molecule has 7 heteroatoms. The molecule has 0 atom stereocenters. The molecule has 1 aliphatic carbocycles. The Morgan fingerprint density at radius 3 is 2.36 bits per heavy atom. The summed E-state index contributed by atoms with van der Waals surface area (Å²) in [5.41, 5.74) is 3.61. The second kappa shape index (κ2) is 9.64. The molecular weight excluding hydrogens is 458 g/mol. The summed E-state index contributed by atoms with van der Waals surface area (Å²) in [6.07, 6.45) is 2.54. The Balaban J connectivity index is 1.39. The van der Waals surface area contributed by atoms with Crippen LogP contribution in [0, 0.1) is 25.7 Å². The molecule has 186 valence electrons. The number of furan rings is 1. The van der Waals surface area contributed by atoms with Crippen molar-refractivity contribution in [2.24, 2.45) is 11.8 Å². The maximum atomic E-state index is 12.8. The van der Waals surface area contributed by atoms with E-state index in [2.05, 4.69) is 5.32 Å². The summed E-state index contributed by atoms with van der Waals surface area (Å²) < 4.78 is 11.6. The van der Waals surface area contributed by atoms with E-state index in [1.165, 1.54) is 0 Å². The molecule has 0 radical (unpaired) electrons. The minimum absolute atomic E-state index is 0.0769. The molecule has 1 amide bonds. The quantitative estimate of drug-likeness (QED) is 0.412. The first-order valence-corrected chi connectivity index (χ1v) is 12.3. The summed E-state index contributed by atoms with van der Waals surface area (Å²) in [7, 11) is 0. The van der Waals surface area contributed by atoms with Crippen molar-refractivity contribution < 1.29 is 23.5 Å². The van der Waals surface area contributed by atoms with Crippen LogP contribution in [0.5, 0.6) is 0 Å². The SMILES string of the molecule is Cc1oc2cc3oc(=O)c(CC(=O)NCC4CCC(C(=O)[O-])CC4)c(C)c3cc2c1-c1ccccc1. The summed E-state index contributed by atoms with van der Waals surface area (Å²) in [6.45, 7) is 4.22. The summed E-state index contributed by atoms with van der Waals surface area (Å²) in [5, 5.41) is 15.6. The summed E-state index contributed by atoms with van der Waals surface area (Å²) in [4.78, 5) is 36.5. The van der Waals surface area contributed by atoms with Gasteiger partial charge in [0, 0.05) is 34.9 Å². The molecule has 4 aromatic rings. The topological polar surface area (TPSA) is 113 Å². The number of carbonyl (C=O) groups is 2. The van der Waals surface area contributed by atoms with E-state index < -0.39 is 17.5 Å². The number of carboxylic acid groups (broad SMARTS) is 1. The fraction of sp³-hybridized carbons (Fsp3) is 0.345. The second-order valence-electron chi connectivity index (χ2n) is 9.75. The summed E-state index contributed by atoms with van der Waals surface area (Å²) in [6, 6.07) is 13.7. The van der Waals surface area contributed by atoms with Crippen LogP contribution in [0.25, 0.3) is 33.1 Å². The van der Waals surface area contributed by atoms with E-state index in [0.717, 1.165) is 40.5 Å². The molecule has 0 bridgehead atoms. The maximum absolute atomic E-state index is 12.8. The molecule has 0 saturated heterocycles. The largest absolute Gasteiger partial charge is 0.550 e. The highest BCUT2D eigenvalue weighted by atomic mass is 16.4. The van der Waals surface area contributed by atoms with E-state index >= 15 is 0 Å². The standard InChI is InChI=1S/C29H29NO6/c1-16-21-12-23-25(35-17(2)27(23)19-6-4-3-5-7-19)14-24(21)36-29(34)22(16)13-26(31)30-15-18-8-10-20(11-9-18)28(32)33/h3-7,12,14,18,20H,8-11,13,15H2,1-2H3,(H,30,31)(H,32,33)/p-1. The Bertz CT molecular complexity index is 1510. The third-order valence-electron chi connectivity index (χ3n) is 7.44. The van der Waals surface area contributed by atoms with Crippen LogP contribution in [-0.4, -0.2) is 18.4 Å². The third-order valence-corrected chi connectivity index (χ3v) is 7.44. The van der Waals surface area contributed by atoms with Crippen molar-refractivity contribution in [3.63, 3.8) is 0 Å². The fourth-order valence-electron chi connectivity index (χ4n) is 5.35. The van der Waals surface area contributed by atoms with Crippen molar-refractivity contribution >= 4 is 33.8 Å². The fourth-order valence-corrected chi connectivity index (χ4v) is 5.35. The Labute approximate surface area is 208 Å². The summed E-state index contributed by atoms with van der Waals surface area (Å²) >= 11 is 0. The van der Waals surface area contributed by atoms with Crippen molar-refractivity contribution in [3.05, 3.63) is 69.8 Å². The number of hydrogen-bond acceptors (Lipinski definition) is 6. The first kappa shape index (κ1) is 23.9. The highest BCUT2D eigenvalue weighted by molar-refractivity contribution is 6.03. The van der Waals surface area contributed by atoms with Crippen LogP contribution < -0.4 is 16.0 Å². The van der Waals surface area contributed by atoms with Crippen LogP contribution in [0.15, 0.2) is 56.1 Å². The van der Waals surface area contributed by atoms with Gasteiger partial charge in [-0.05, 0) is 68.6 Å². The van der Waals surface area contributed by atoms with Crippen LogP contribution >= 0.6 is 0 Å². The average Bonchev–Trinajstić information content (AvgIpc) is 3.19. The van der Waals surface area contributed by atoms with Crippen molar-refractivity contribution in [2.75, 3.05) is 6.54 Å². The Kier molecular flexibility index (Phi) is 6.39. The smallest absolute Gasteiger partial charge is 0.340 e. The van der Waals surface area contributed by atoms with Gasteiger partial charge in [0.05, 0.1) is 12.0 Å². The van der Waals surface area contributed by atoms with Gasteiger partial charge in [0.25, 0.3) is 0 Å². The lowest BCUT2D eigenvalue weighted by atomic mass is 9.82. The molecule has 2 aromatic carbocycles. The van der Waals surface area contributed by atoms with Gasteiger partial charge < -0.3 is 24.1 Å². The van der Waals surface area contributed by atoms with E-state index in [9.17, 15) is 19.5 Å². The molecule has 5 rings (SSSR count). The van der Waals surface area contributed by atoms with Gasteiger partial charge in [0.1, 0.15) is 16.9 Å². The van der Waals surface area contributed by atoms with Crippen LogP contribution in [0.1, 0.15) is 42.6 Å². The molecule has 36 heavy (non-hydrogen) atoms. The molecule has 1 N–H and O–H groups in total. The lowest BCUT2D eigenvalue weighted by molar-refractivity contribution is -0.312. The number of hydrogen-bond donors (Lipinski definition) is 1. The summed E-state index contributed by atoms with van der Waals surface area (Å²) in [5.74, 6) is -0.631. The number of aryl methyl sites for hydroxylation is 2. The van der Waals surface area contributed by atoms with Gasteiger partial charge in [-0.25, -0.2) is 4.79 Å². The van der Waals surface area contributed by atoms with Crippen LogP contribution in [0.4, 0.5) is 0 Å². The van der Waals surface area contributed by atoms with Crippen LogP contribution in [0.2, 0.25) is 0 Å². The number of nitrogens with one attached hydrogen (secondary N) is 1. The zero-order chi connectivity index (χ0) is 25.4. The number of carboxylic acids is 1. The van der Waals surface area contributed by atoms with E-state index in [1.807, 2.05) is 50.2 Å². The van der Waals surface area contributed by atoms with E-state index in [4.69, 9.17) is 8.83 Å². The van der Waals surface area contributed by atoms with Crippen molar-refractivity contribution in [3.8, 4) is 11.1 Å². The minimum Gasteiger partial charge on any atom is -0.550 e. The number of rotatable bonds is 6. The molecule has 0 unspecified atom stereocenters. The Morgan fingerprint density at radius 2 is 1.67 bits per heavy atom. The van der Waals surface area contributed by atoms with Gasteiger partial charge in [0.2, 0.25) is 5.91 Å². The number of amides is 1. The predicted molar refractivity (Wildman–Crippen MR) is 134 cm³/mol. The van der Waals surface area contributed by atoms with Gasteiger partial charge in [-0.1, -0.05) is 30.3 Å². The average molecular weight is 487 g/mol. The maximum Gasteiger partial charge on any atom is 0.340 e. The Hall–Kier alpha value is -3.87. The number of carbonyl (C=O) groups excluding carboxylic acids is 2. The molecule has 2 heterocycles. The molecule has 1 fully saturated rings. The van der Waals surface area contributed by atoms with Gasteiger partial charge in [-0.15, -0.1) is 0 Å². The number of aliphatic carboxylic acids is 1. The lowest BCUT2D eigenvalue weighted by Gasteiger charge is -2.29. The van der Waals surface area contributed by atoms with Crippen LogP contribution in [-0.2, 0) is 16.0 Å². The van der Waals surface area contributed by atoms with Gasteiger partial charge in [-0.2, -0.15) is 0 Å². The highest BCUT2D eigenvalue weighted by Gasteiger charge is 2.23. The first-order valence-electron chi connectivity index (χ1n) is 12.3. The van der Waals surface area contributed by atoms with Crippen LogP contribution in [0.3, 0.4) is 0 Å². The molecule has 0 aliphatic heterocycles. The molecule has 1 aliphatic rings. The van der Waals surface area contributed by atoms with Crippen molar-refractivity contribution in [2.45, 2.75) is 46.0 Å². The predicted octanol–water partition coefficient (Wildman–Crippen LogP) is 4.04. The van der Waals surface area contributed by atoms with E-state index in [1.54, 1.807) is 6.07 Å². The molecule has 7 nitrogen and oxygen atoms in total. The zero-order valence-corrected chi connectivity index (χ0v) is 20.4. The second-order valence-corrected chi connectivity index (χ2v) is 9.75. The normalized spacial score (nSPS) is 17.9. The molecule has 1 saturated carbocycles. The first-order chi connectivity index (χ1) is 17.3. The zero-order valence-electron chi connectivity index (χ0n) is 20.4. The van der Waals surface area contributed by atoms with Gasteiger partial charge >= 0.3 is 5.63 Å². The monoisotopic (exact) mass is 486 g/mol. The molecule has 2 aromatic heterocycles. The molecule has 0 spiro atoms. The van der Waals surface area contributed by atoms with Gasteiger partial charge in [0.15, 0.2) is 0 Å². The number of benzene rings is 2. The van der Waals surface area contributed by atoms with Crippen molar-refractivity contribution in [1.29, 1.82) is 0 Å². The lowest BCUT2D eigenvalue weighted by Crippen LogP contribution is -2.37. The van der Waals surface area contributed by atoms with Gasteiger partial charge in [-0.3, -0.25) is 4.79 Å². The van der Waals surface area contributed by atoms with E-state index in [0.29, 0.717) is 41.7 Å². The van der Waals surface area contributed by atoms with Crippen molar-refractivity contribution in [1.82, 2.24) is 5.32 Å². The highest BCUT2D eigenvalue weighted by Crippen LogP contribution is 2.37.